The molecule has 0 unspecified atom stereocenters. The number of nitrogens with two attached hydrogens (primary N) is 1. The third kappa shape index (κ3) is 2.32. The number of amides is 1. The summed E-state index contributed by atoms with van der Waals surface area (Å²) < 4.78 is 7.21. The largest absolute Gasteiger partial charge is 0.497 e. The van der Waals surface area contributed by atoms with E-state index >= 15 is 0 Å². The van der Waals surface area contributed by atoms with Gasteiger partial charge in [-0.15, -0.1) is 11.3 Å². The maximum absolute atomic E-state index is 13.0. The van der Waals surface area contributed by atoms with Gasteiger partial charge in [0.15, 0.2) is 5.13 Å². The molecule has 2 aromatic heterocycles. The zero-order valence-electron chi connectivity index (χ0n) is 13.6. The molecular weight excluding hydrogens is 324 g/mol. The number of aryl methyl sites for hydroxylation is 1. The van der Waals surface area contributed by atoms with Crippen molar-refractivity contribution in [1.29, 1.82) is 0 Å². The fraction of sp³-hybridized carbons (Fsp3) is 0.294. The first-order valence-electron chi connectivity index (χ1n) is 7.73. The molecular formula is C17H18N4O2S. The van der Waals surface area contributed by atoms with Gasteiger partial charge in [0, 0.05) is 35.8 Å². The molecule has 0 aliphatic carbocycles. The lowest BCUT2D eigenvalue weighted by atomic mass is 10.1. The van der Waals surface area contributed by atoms with Crippen LogP contribution in [0.1, 0.15) is 21.1 Å². The van der Waals surface area contributed by atoms with E-state index in [1.165, 1.54) is 11.3 Å². The lowest BCUT2D eigenvalue weighted by Gasteiger charge is -2.26. The Morgan fingerprint density at radius 1 is 1.38 bits per heavy atom. The van der Waals surface area contributed by atoms with Gasteiger partial charge < -0.3 is 19.9 Å². The van der Waals surface area contributed by atoms with Gasteiger partial charge in [-0.3, -0.25) is 4.79 Å². The molecule has 1 aliphatic heterocycles. The fourth-order valence-electron chi connectivity index (χ4n) is 3.21. The Bertz CT molecular complexity index is 944. The number of aromatic nitrogens is 2. The summed E-state index contributed by atoms with van der Waals surface area (Å²) in [5.74, 6) is 0.820. The second kappa shape index (κ2) is 5.52. The van der Waals surface area contributed by atoms with E-state index < -0.39 is 0 Å². The number of hydrogen-bond donors (Lipinski definition) is 1. The monoisotopic (exact) mass is 342 g/mol. The lowest BCUT2D eigenvalue weighted by Crippen LogP contribution is -2.36. The molecule has 0 fully saturated rings. The molecule has 0 atom stereocenters. The first-order chi connectivity index (χ1) is 11.6. The normalized spacial score (nSPS) is 14.0. The minimum absolute atomic E-state index is 0.0327. The number of fused-ring (bicyclic) bond motifs is 2. The predicted octanol–water partition coefficient (Wildman–Crippen LogP) is 2.42. The van der Waals surface area contributed by atoms with Crippen LogP contribution in [-0.4, -0.2) is 34.0 Å². The Hall–Kier alpha value is -2.54. The molecule has 0 saturated carbocycles. The molecule has 4 rings (SSSR count). The number of rotatable bonds is 2. The highest BCUT2D eigenvalue weighted by Gasteiger charge is 2.26. The van der Waals surface area contributed by atoms with Crippen molar-refractivity contribution >= 4 is 33.3 Å². The van der Waals surface area contributed by atoms with E-state index in [1.54, 1.807) is 7.11 Å². The third-order valence-electron chi connectivity index (χ3n) is 4.50. The number of carbonyl (C=O) groups excluding carboxylic acids is 1. The van der Waals surface area contributed by atoms with Crippen LogP contribution in [0.15, 0.2) is 24.3 Å². The highest BCUT2D eigenvalue weighted by atomic mass is 32.1. The Morgan fingerprint density at radius 3 is 3.00 bits per heavy atom. The maximum Gasteiger partial charge on any atom is 0.270 e. The molecule has 0 radical (unpaired) electrons. The van der Waals surface area contributed by atoms with Gasteiger partial charge in [-0.25, -0.2) is 4.98 Å². The predicted molar refractivity (Wildman–Crippen MR) is 94.4 cm³/mol. The van der Waals surface area contributed by atoms with Gasteiger partial charge in [0.1, 0.15) is 11.4 Å². The zero-order chi connectivity index (χ0) is 16.8. The van der Waals surface area contributed by atoms with Crippen LogP contribution in [0.25, 0.3) is 10.9 Å². The first kappa shape index (κ1) is 15.0. The van der Waals surface area contributed by atoms with Gasteiger partial charge in [0.2, 0.25) is 0 Å². The molecule has 3 aromatic rings. The molecule has 1 aliphatic rings. The topological polar surface area (TPSA) is 73.4 Å². The van der Waals surface area contributed by atoms with E-state index in [0.717, 1.165) is 33.6 Å². The van der Waals surface area contributed by atoms with Crippen LogP contribution >= 0.6 is 11.3 Å². The van der Waals surface area contributed by atoms with E-state index in [-0.39, 0.29) is 5.91 Å². The Kier molecular flexibility index (Phi) is 3.45. The number of ether oxygens (including phenoxy) is 1. The summed E-state index contributed by atoms with van der Waals surface area (Å²) in [7, 11) is 3.56. The lowest BCUT2D eigenvalue weighted by molar-refractivity contribution is 0.0727. The number of carbonyl (C=O) groups is 1. The molecule has 6 nitrogen and oxygen atoms in total. The third-order valence-corrected chi connectivity index (χ3v) is 5.42. The van der Waals surface area contributed by atoms with Crippen molar-refractivity contribution in [3.8, 4) is 5.75 Å². The minimum atomic E-state index is 0.0327. The quantitative estimate of drug-likeness (QED) is 0.776. The van der Waals surface area contributed by atoms with Crippen LogP contribution in [0.3, 0.4) is 0 Å². The summed E-state index contributed by atoms with van der Waals surface area (Å²) in [6, 6.07) is 7.76. The first-order valence-corrected chi connectivity index (χ1v) is 8.55. The summed E-state index contributed by atoms with van der Waals surface area (Å²) >= 11 is 1.47. The molecule has 0 saturated heterocycles. The van der Waals surface area contributed by atoms with Crippen molar-refractivity contribution in [1.82, 2.24) is 14.5 Å². The van der Waals surface area contributed by atoms with Gasteiger partial charge in [-0.2, -0.15) is 0 Å². The number of hydrogen-bond acceptors (Lipinski definition) is 5. The second-order valence-electron chi connectivity index (χ2n) is 5.91. The van der Waals surface area contributed by atoms with Gasteiger partial charge in [0.25, 0.3) is 5.91 Å². The molecule has 124 valence electrons. The van der Waals surface area contributed by atoms with Crippen molar-refractivity contribution in [2.45, 2.75) is 13.0 Å². The average molecular weight is 342 g/mol. The number of nitrogens with zero attached hydrogens (tertiary/aromatic N) is 3. The van der Waals surface area contributed by atoms with Crippen LogP contribution in [0.5, 0.6) is 5.75 Å². The molecule has 3 heterocycles. The Balaban J connectivity index is 1.67. The van der Waals surface area contributed by atoms with Crippen molar-refractivity contribution in [3.63, 3.8) is 0 Å². The number of anilines is 1. The smallest absolute Gasteiger partial charge is 0.270 e. The standard InChI is InChI=1S/C17H18N4O2S/c1-20-13-4-3-11(23-2)7-10(13)8-14(20)16(22)21-6-5-12-15(9-21)24-17(18)19-12/h3-4,7-8H,5-6,9H2,1-2H3,(H2,18,19). The van der Waals surface area contributed by atoms with Crippen LogP contribution < -0.4 is 10.5 Å². The van der Waals surface area contributed by atoms with Gasteiger partial charge >= 0.3 is 0 Å². The van der Waals surface area contributed by atoms with Crippen LogP contribution in [0.2, 0.25) is 0 Å². The van der Waals surface area contributed by atoms with E-state index in [4.69, 9.17) is 10.5 Å². The number of nitrogen functional groups attached to an aromatic ring is 1. The molecule has 2 N–H and O–H groups in total. The highest BCUT2D eigenvalue weighted by molar-refractivity contribution is 7.15. The fourth-order valence-corrected chi connectivity index (χ4v) is 4.10. The van der Waals surface area contributed by atoms with Gasteiger partial charge in [-0.05, 0) is 24.3 Å². The molecule has 7 heteroatoms. The van der Waals surface area contributed by atoms with E-state index in [2.05, 4.69) is 4.98 Å². The average Bonchev–Trinajstić information content (AvgIpc) is 3.12. The highest BCUT2D eigenvalue weighted by Crippen LogP contribution is 2.29. The van der Waals surface area contributed by atoms with Crippen molar-refractivity contribution in [3.05, 3.63) is 40.5 Å². The maximum atomic E-state index is 13.0. The Morgan fingerprint density at radius 2 is 2.21 bits per heavy atom. The van der Waals surface area contributed by atoms with Crippen LogP contribution in [0, 0.1) is 0 Å². The van der Waals surface area contributed by atoms with Gasteiger partial charge in [-0.1, -0.05) is 0 Å². The Labute approximate surface area is 143 Å². The number of methoxy groups -OCH3 is 1. The van der Waals surface area contributed by atoms with E-state index in [0.29, 0.717) is 23.9 Å². The minimum Gasteiger partial charge on any atom is -0.497 e. The van der Waals surface area contributed by atoms with Crippen LogP contribution in [-0.2, 0) is 20.0 Å². The number of thiazole rings is 1. The van der Waals surface area contributed by atoms with Crippen LogP contribution in [0.4, 0.5) is 5.13 Å². The summed E-state index contributed by atoms with van der Waals surface area (Å²) in [6.07, 6.45) is 0.756. The summed E-state index contributed by atoms with van der Waals surface area (Å²) in [5, 5.41) is 1.57. The molecule has 24 heavy (non-hydrogen) atoms. The molecule has 0 bridgehead atoms. The van der Waals surface area contributed by atoms with Gasteiger partial charge in [0.05, 0.1) is 19.3 Å². The zero-order valence-corrected chi connectivity index (χ0v) is 14.4. The second-order valence-corrected chi connectivity index (χ2v) is 7.03. The van der Waals surface area contributed by atoms with E-state index in [9.17, 15) is 4.79 Å². The summed E-state index contributed by atoms with van der Waals surface area (Å²) in [6.45, 7) is 1.24. The summed E-state index contributed by atoms with van der Waals surface area (Å²) in [4.78, 5) is 20.3. The molecule has 1 aromatic carbocycles. The number of benzene rings is 1. The van der Waals surface area contributed by atoms with Crippen molar-refractivity contribution in [2.24, 2.45) is 7.05 Å². The molecule has 1 amide bonds. The SMILES string of the molecule is COc1ccc2c(c1)cc(C(=O)N1CCc3nc(N)sc3C1)n2C. The van der Waals surface area contributed by atoms with E-state index in [1.807, 2.05) is 40.8 Å². The van der Waals surface area contributed by atoms with Crippen molar-refractivity contribution in [2.75, 3.05) is 19.4 Å². The van der Waals surface area contributed by atoms with Crippen molar-refractivity contribution < 1.29 is 9.53 Å². The summed E-state index contributed by atoms with van der Waals surface area (Å²) in [5.41, 5.74) is 8.50. The molecule has 0 spiro atoms.